The summed E-state index contributed by atoms with van der Waals surface area (Å²) in [5.41, 5.74) is 3.56. The van der Waals surface area contributed by atoms with Crippen LogP contribution in [0.4, 0.5) is 0 Å². The van der Waals surface area contributed by atoms with Gasteiger partial charge in [-0.1, -0.05) is 31.9 Å². The molecule has 1 fully saturated rings. The number of hydrogen-bond acceptors (Lipinski definition) is 2. The van der Waals surface area contributed by atoms with Crippen molar-refractivity contribution in [1.82, 2.24) is 5.32 Å². The maximum atomic E-state index is 9.26. The monoisotopic (exact) mass is 268 g/mol. The Labute approximate surface area is 122 Å². The quantitative estimate of drug-likeness (QED) is 0.886. The number of aryl methyl sites for hydroxylation is 1. The molecule has 3 rings (SSSR count). The van der Waals surface area contributed by atoms with Crippen LogP contribution in [-0.4, -0.2) is 12.1 Å². The fourth-order valence-corrected chi connectivity index (χ4v) is 3.48. The van der Waals surface area contributed by atoms with Crippen molar-refractivity contribution >= 4 is 0 Å². The summed E-state index contributed by atoms with van der Waals surface area (Å²) < 4.78 is 0. The average molecular weight is 268 g/mol. The van der Waals surface area contributed by atoms with Crippen molar-refractivity contribution in [3.05, 3.63) is 34.9 Å². The largest absolute Gasteiger partial charge is 0.311 e. The standard InChI is InChI=1S/C18H24N2/c1-2-16(10-13-6-7-13)20-17-9-8-14-4-3-5-15(12-19)18(14)11-17/h3-5,13,16-17,20H,2,6-11H2,1H3. The lowest BCUT2D eigenvalue weighted by atomic mass is 9.85. The summed E-state index contributed by atoms with van der Waals surface area (Å²) in [6.07, 6.45) is 8.79. The molecular weight excluding hydrogens is 244 g/mol. The summed E-state index contributed by atoms with van der Waals surface area (Å²) >= 11 is 0. The van der Waals surface area contributed by atoms with Gasteiger partial charge < -0.3 is 5.32 Å². The Morgan fingerprint density at radius 2 is 2.20 bits per heavy atom. The van der Waals surface area contributed by atoms with E-state index in [1.54, 1.807) is 0 Å². The Bertz CT molecular complexity index is 511. The molecule has 0 saturated heterocycles. The van der Waals surface area contributed by atoms with Crippen molar-refractivity contribution in [2.24, 2.45) is 5.92 Å². The molecule has 0 amide bonds. The van der Waals surface area contributed by atoms with Gasteiger partial charge in [-0.15, -0.1) is 0 Å². The zero-order chi connectivity index (χ0) is 13.9. The molecule has 0 heterocycles. The summed E-state index contributed by atoms with van der Waals surface area (Å²) in [6, 6.07) is 9.75. The van der Waals surface area contributed by atoms with Gasteiger partial charge in [-0.2, -0.15) is 5.26 Å². The normalized spacial score (nSPS) is 22.9. The molecule has 2 unspecified atom stereocenters. The summed E-state index contributed by atoms with van der Waals surface area (Å²) in [4.78, 5) is 0. The third-order valence-corrected chi connectivity index (χ3v) is 4.89. The average Bonchev–Trinajstić information content (AvgIpc) is 3.29. The topological polar surface area (TPSA) is 35.8 Å². The number of fused-ring (bicyclic) bond motifs is 1. The van der Waals surface area contributed by atoms with Crippen LogP contribution < -0.4 is 5.32 Å². The fourth-order valence-electron chi connectivity index (χ4n) is 3.48. The molecule has 2 aliphatic carbocycles. The maximum absolute atomic E-state index is 9.26. The van der Waals surface area contributed by atoms with E-state index in [0.717, 1.165) is 24.3 Å². The van der Waals surface area contributed by atoms with Gasteiger partial charge in [-0.05, 0) is 55.2 Å². The zero-order valence-electron chi connectivity index (χ0n) is 12.4. The van der Waals surface area contributed by atoms with Crippen molar-refractivity contribution in [3.8, 4) is 6.07 Å². The molecule has 2 aliphatic rings. The highest BCUT2D eigenvalue weighted by atomic mass is 14.9. The lowest BCUT2D eigenvalue weighted by Gasteiger charge is -2.30. The number of nitrogens with zero attached hydrogens (tertiary/aromatic N) is 1. The van der Waals surface area contributed by atoms with E-state index in [4.69, 9.17) is 0 Å². The first kappa shape index (κ1) is 13.6. The Kier molecular flexibility index (Phi) is 4.08. The number of rotatable bonds is 5. The molecule has 2 atom stereocenters. The third kappa shape index (κ3) is 3.04. The van der Waals surface area contributed by atoms with Gasteiger partial charge in [-0.3, -0.25) is 0 Å². The van der Waals surface area contributed by atoms with E-state index in [1.165, 1.54) is 43.2 Å². The predicted octanol–water partition coefficient (Wildman–Crippen LogP) is 3.58. The van der Waals surface area contributed by atoms with Gasteiger partial charge in [0, 0.05) is 12.1 Å². The molecule has 0 aliphatic heterocycles. The van der Waals surface area contributed by atoms with Gasteiger partial charge in [-0.25, -0.2) is 0 Å². The highest BCUT2D eigenvalue weighted by Gasteiger charge is 2.27. The Morgan fingerprint density at radius 3 is 2.90 bits per heavy atom. The summed E-state index contributed by atoms with van der Waals surface area (Å²) in [5, 5.41) is 13.1. The molecule has 1 aromatic carbocycles. The summed E-state index contributed by atoms with van der Waals surface area (Å²) in [6.45, 7) is 2.29. The predicted molar refractivity (Wildman–Crippen MR) is 81.5 cm³/mol. The van der Waals surface area contributed by atoms with Crippen LogP contribution in [0.2, 0.25) is 0 Å². The first-order valence-corrected chi connectivity index (χ1v) is 8.07. The van der Waals surface area contributed by atoms with Gasteiger partial charge in [0.1, 0.15) is 0 Å². The molecule has 0 bridgehead atoms. The van der Waals surface area contributed by atoms with Crippen molar-refractivity contribution in [1.29, 1.82) is 5.26 Å². The molecule has 2 heteroatoms. The van der Waals surface area contributed by atoms with Gasteiger partial charge >= 0.3 is 0 Å². The lowest BCUT2D eigenvalue weighted by Crippen LogP contribution is -2.41. The van der Waals surface area contributed by atoms with Crippen molar-refractivity contribution < 1.29 is 0 Å². The van der Waals surface area contributed by atoms with E-state index < -0.39 is 0 Å². The van der Waals surface area contributed by atoms with Crippen LogP contribution in [0.3, 0.4) is 0 Å². The molecule has 2 nitrogen and oxygen atoms in total. The number of hydrogen-bond donors (Lipinski definition) is 1. The van der Waals surface area contributed by atoms with Crippen LogP contribution in [0.1, 0.15) is 55.7 Å². The first-order valence-electron chi connectivity index (χ1n) is 8.07. The van der Waals surface area contributed by atoms with E-state index >= 15 is 0 Å². The minimum atomic E-state index is 0.556. The van der Waals surface area contributed by atoms with Crippen LogP contribution >= 0.6 is 0 Å². The Morgan fingerprint density at radius 1 is 1.35 bits per heavy atom. The minimum absolute atomic E-state index is 0.556. The zero-order valence-corrected chi connectivity index (χ0v) is 12.4. The first-order chi connectivity index (χ1) is 9.80. The van der Waals surface area contributed by atoms with Crippen molar-refractivity contribution in [2.45, 2.75) is 64.0 Å². The number of nitriles is 1. The smallest absolute Gasteiger partial charge is 0.0994 e. The van der Waals surface area contributed by atoms with E-state index in [-0.39, 0.29) is 0 Å². The SMILES string of the molecule is CCC(CC1CC1)NC1CCc2cccc(C#N)c2C1. The van der Waals surface area contributed by atoms with E-state index in [9.17, 15) is 5.26 Å². The highest BCUT2D eigenvalue weighted by Crippen LogP contribution is 2.34. The van der Waals surface area contributed by atoms with Gasteiger partial charge in [0.2, 0.25) is 0 Å². The van der Waals surface area contributed by atoms with Gasteiger partial charge in [0.15, 0.2) is 0 Å². The molecule has 0 aromatic heterocycles. The van der Waals surface area contributed by atoms with E-state index in [0.29, 0.717) is 12.1 Å². The number of benzene rings is 1. The Hall–Kier alpha value is -1.33. The molecule has 20 heavy (non-hydrogen) atoms. The minimum Gasteiger partial charge on any atom is -0.311 e. The Balaban J connectivity index is 1.66. The van der Waals surface area contributed by atoms with Crippen LogP contribution in [0.15, 0.2) is 18.2 Å². The molecule has 0 spiro atoms. The molecule has 0 radical (unpaired) electrons. The summed E-state index contributed by atoms with van der Waals surface area (Å²) in [5.74, 6) is 0.984. The van der Waals surface area contributed by atoms with Gasteiger partial charge in [0.25, 0.3) is 0 Å². The van der Waals surface area contributed by atoms with E-state index in [1.807, 2.05) is 12.1 Å². The van der Waals surface area contributed by atoms with Crippen LogP contribution in [0, 0.1) is 17.2 Å². The van der Waals surface area contributed by atoms with Gasteiger partial charge in [0.05, 0.1) is 11.6 Å². The number of nitrogens with one attached hydrogen (secondary N) is 1. The molecule has 106 valence electrons. The lowest BCUT2D eigenvalue weighted by molar-refractivity contribution is 0.360. The molecule has 1 N–H and O–H groups in total. The second kappa shape index (κ2) is 5.97. The maximum Gasteiger partial charge on any atom is 0.0994 e. The molecule has 1 saturated carbocycles. The van der Waals surface area contributed by atoms with Crippen LogP contribution in [0.25, 0.3) is 0 Å². The second-order valence-corrected chi connectivity index (χ2v) is 6.45. The fraction of sp³-hybridized carbons (Fsp3) is 0.611. The van der Waals surface area contributed by atoms with Crippen molar-refractivity contribution in [2.75, 3.05) is 0 Å². The molecule has 1 aromatic rings. The van der Waals surface area contributed by atoms with Crippen molar-refractivity contribution in [3.63, 3.8) is 0 Å². The van der Waals surface area contributed by atoms with E-state index in [2.05, 4.69) is 24.4 Å². The molecular formula is C18H24N2. The second-order valence-electron chi connectivity index (χ2n) is 6.45. The van der Waals surface area contributed by atoms with Crippen LogP contribution in [-0.2, 0) is 12.8 Å². The third-order valence-electron chi connectivity index (χ3n) is 4.89. The van der Waals surface area contributed by atoms with Crippen LogP contribution in [0.5, 0.6) is 0 Å². The summed E-state index contributed by atoms with van der Waals surface area (Å²) in [7, 11) is 0. The highest BCUT2D eigenvalue weighted by molar-refractivity contribution is 5.44.